The molecule has 0 bridgehead atoms. The van der Waals surface area contributed by atoms with Crippen LogP contribution in [-0.4, -0.2) is 17.0 Å². The minimum absolute atomic E-state index is 0.170. The van der Waals surface area contributed by atoms with Gasteiger partial charge in [0.25, 0.3) is 0 Å². The molecule has 0 aliphatic carbocycles. The van der Waals surface area contributed by atoms with E-state index >= 15 is 0 Å². The molecule has 1 aromatic heterocycles. The average molecular weight is 261 g/mol. The number of nitrogens with zero attached hydrogens (tertiary/aromatic N) is 2. The largest absolute Gasteiger partial charge is 0.435 e. The van der Waals surface area contributed by atoms with Crippen LogP contribution in [0.25, 0.3) is 0 Å². The third-order valence-corrected chi connectivity index (χ3v) is 2.81. The number of hydrogen-bond acceptors (Lipinski definition) is 4. The molecule has 5 heteroatoms. The Morgan fingerprint density at radius 3 is 2.58 bits per heavy atom. The zero-order valence-corrected chi connectivity index (χ0v) is 11.4. The first-order valence-corrected chi connectivity index (χ1v) is 5.99. The van der Waals surface area contributed by atoms with E-state index in [2.05, 4.69) is 15.3 Å². The molecule has 0 atom stereocenters. The Kier molecular flexibility index (Phi) is 3.64. The first-order chi connectivity index (χ1) is 9.02. The molecular weight excluding hydrogens is 245 g/mol. The van der Waals surface area contributed by atoms with Gasteiger partial charge in [-0.25, -0.2) is 9.37 Å². The van der Waals surface area contributed by atoms with Crippen molar-refractivity contribution in [3.05, 3.63) is 41.0 Å². The summed E-state index contributed by atoms with van der Waals surface area (Å²) in [5, 5.41) is 2.96. The highest BCUT2D eigenvalue weighted by Crippen LogP contribution is 2.29. The summed E-state index contributed by atoms with van der Waals surface area (Å²) in [6.07, 6.45) is 0. The second-order valence-corrected chi connectivity index (χ2v) is 4.29. The fraction of sp³-hybridized carbons (Fsp3) is 0.286. The van der Waals surface area contributed by atoms with Gasteiger partial charge >= 0.3 is 0 Å². The maximum Gasteiger partial charge on any atom is 0.227 e. The maximum absolute atomic E-state index is 13.9. The average Bonchev–Trinajstić information content (AvgIpc) is 2.38. The van der Waals surface area contributed by atoms with Crippen molar-refractivity contribution in [2.24, 2.45) is 0 Å². The van der Waals surface area contributed by atoms with Crippen LogP contribution in [0.2, 0.25) is 0 Å². The monoisotopic (exact) mass is 261 g/mol. The van der Waals surface area contributed by atoms with Crippen molar-refractivity contribution in [2.75, 3.05) is 12.4 Å². The SMILES string of the molecule is CNc1nc(C)nc(Oc2cccc(C)c2F)c1C. The number of benzene rings is 1. The summed E-state index contributed by atoms with van der Waals surface area (Å²) in [4.78, 5) is 8.44. The maximum atomic E-state index is 13.9. The number of rotatable bonds is 3. The van der Waals surface area contributed by atoms with Crippen molar-refractivity contribution < 1.29 is 9.13 Å². The van der Waals surface area contributed by atoms with Crippen LogP contribution in [0.3, 0.4) is 0 Å². The molecule has 0 saturated heterocycles. The van der Waals surface area contributed by atoms with Gasteiger partial charge in [0, 0.05) is 7.05 Å². The predicted molar refractivity (Wildman–Crippen MR) is 72.3 cm³/mol. The second kappa shape index (κ2) is 5.22. The molecule has 2 rings (SSSR count). The summed E-state index contributed by atoms with van der Waals surface area (Å²) in [6, 6.07) is 5.02. The quantitative estimate of drug-likeness (QED) is 0.920. The lowest BCUT2D eigenvalue weighted by Gasteiger charge is -2.12. The molecule has 0 aliphatic rings. The van der Waals surface area contributed by atoms with Crippen molar-refractivity contribution in [3.63, 3.8) is 0 Å². The molecule has 0 aliphatic heterocycles. The van der Waals surface area contributed by atoms with Crippen molar-refractivity contribution >= 4 is 5.82 Å². The Labute approximate surface area is 111 Å². The second-order valence-electron chi connectivity index (χ2n) is 4.29. The number of hydrogen-bond donors (Lipinski definition) is 1. The Balaban J connectivity index is 2.43. The van der Waals surface area contributed by atoms with Gasteiger partial charge in [-0.1, -0.05) is 12.1 Å². The van der Waals surface area contributed by atoms with Gasteiger partial charge in [0.1, 0.15) is 11.6 Å². The number of aromatic nitrogens is 2. The number of anilines is 1. The van der Waals surface area contributed by atoms with E-state index in [1.807, 2.05) is 6.92 Å². The fourth-order valence-corrected chi connectivity index (χ4v) is 1.75. The predicted octanol–water partition coefficient (Wildman–Crippen LogP) is 3.37. The Morgan fingerprint density at radius 2 is 1.89 bits per heavy atom. The Morgan fingerprint density at radius 1 is 1.16 bits per heavy atom. The number of ether oxygens (including phenoxy) is 1. The molecular formula is C14H16FN3O. The summed E-state index contributed by atoms with van der Waals surface area (Å²) in [7, 11) is 1.77. The smallest absolute Gasteiger partial charge is 0.227 e. The molecule has 0 spiro atoms. The zero-order valence-electron chi connectivity index (χ0n) is 11.4. The normalized spacial score (nSPS) is 10.4. The molecule has 1 heterocycles. The summed E-state index contributed by atoms with van der Waals surface area (Å²) in [5.74, 6) is 1.40. The standard InChI is InChI=1S/C14H16FN3O/c1-8-6-5-7-11(12(8)15)19-14-9(2)13(16-4)17-10(3)18-14/h5-7H,1-4H3,(H,16,17,18). The topological polar surface area (TPSA) is 47.0 Å². The summed E-state index contributed by atoms with van der Waals surface area (Å²) in [6.45, 7) is 5.29. The van der Waals surface area contributed by atoms with Crippen LogP contribution in [0.1, 0.15) is 17.0 Å². The minimum atomic E-state index is -0.371. The first-order valence-electron chi connectivity index (χ1n) is 5.99. The number of nitrogens with one attached hydrogen (secondary N) is 1. The van der Waals surface area contributed by atoms with E-state index in [9.17, 15) is 4.39 Å². The van der Waals surface area contributed by atoms with E-state index in [0.717, 1.165) is 5.56 Å². The lowest BCUT2D eigenvalue weighted by molar-refractivity contribution is 0.420. The van der Waals surface area contributed by atoms with Crippen LogP contribution < -0.4 is 10.1 Å². The molecule has 1 aromatic carbocycles. The highest BCUT2D eigenvalue weighted by molar-refractivity contribution is 5.49. The van der Waals surface area contributed by atoms with Crippen molar-refractivity contribution in [3.8, 4) is 11.6 Å². The molecule has 0 fully saturated rings. The van der Waals surface area contributed by atoms with Gasteiger partial charge in [-0.2, -0.15) is 4.98 Å². The summed E-state index contributed by atoms with van der Waals surface area (Å²) in [5.41, 5.74) is 1.28. The summed E-state index contributed by atoms with van der Waals surface area (Å²) < 4.78 is 19.5. The van der Waals surface area contributed by atoms with Crippen LogP contribution in [0.5, 0.6) is 11.6 Å². The molecule has 0 radical (unpaired) electrons. The minimum Gasteiger partial charge on any atom is -0.435 e. The van der Waals surface area contributed by atoms with Crippen molar-refractivity contribution in [2.45, 2.75) is 20.8 Å². The van der Waals surface area contributed by atoms with Crippen LogP contribution in [-0.2, 0) is 0 Å². The van der Waals surface area contributed by atoms with Gasteiger partial charge in [0.15, 0.2) is 11.6 Å². The van der Waals surface area contributed by atoms with Crippen LogP contribution >= 0.6 is 0 Å². The zero-order chi connectivity index (χ0) is 14.0. The highest BCUT2D eigenvalue weighted by Gasteiger charge is 2.13. The molecule has 0 saturated carbocycles. The van der Waals surface area contributed by atoms with Gasteiger partial charge in [-0.3, -0.25) is 0 Å². The molecule has 2 aromatic rings. The highest BCUT2D eigenvalue weighted by atomic mass is 19.1. The van der Waals surface area contributed by atoms with E-state index in [1.165, 1.54) is 0 Å². The van der Waals surface area contributed by atoms with Gasteiger partial charge in [0.05, 0.1) is 5.56 Å². The lowest BCUT2D eigenvalue weighted by Crippen LogP contribution is -2.03. The third-order valence-electron chi connectivity index (χ3n) is 2.81. The molecule has 0 amide bonds. The van der Waals surface area contributed by atoms with E-state index in [-0.39, 0.29) is 11.6 Å². The number of aryl methyl sites for hydroxylation is 2. The fourth-order valence-electron chi connectivity index (χ4n) is 1.75. The van der Waals surface area contributed by atoms with Crippen LogP contribution in [0.4, 0.5) is 10.2 Å². The Hall–Kier alpha value is -2.17. The third kappa shape index (κ3) is 2.65. The number of halogens is 1. The van der Waals surface area contributed by atoms with Crippen molar-refractivity contribution in [1.82, 2.24) is 9.97 Å². The first kappa shape index (κ1) is 13.3. The van der Waals surface area contributed by atoms with Gasteiger partial charge in [-0.05, 0) is 32.4 Å². The van der Waals surface area contributed by atoms with Gasteiger partial charge in [-0.15, -0.1) is 0 Å². The van der Waals surface area contributed by atoms with Gasteiger partial charge in [0.2, 0.25) is 5.88 Å². The lowest BCUT2D eigenvalue weighted by atomic mass is 10.2. The van der Waals surface area contributed by atoms with E-state index in [4.69, 9.17) is 4.74 Å². The molecule has 100 valence electrons. The molecule has 4 nitrogen and oxygen atoms in total. The summed E-state index contributed by atoms with van der Waals surface area (Å²) >= 11 is 0. The van der Waals surface area contributed by atoms with E-state index in [0.29, 0.717) is 23.1 Å². The van der Waals surface area contributed by atoms with Crippen molar-refractivity contribution in [1.29, 1.82) is 0 Å². The van der Waals surface area contributed by atoms with E-state index < -0.39 is 0 Å². The van der Waals surface area contributed by atoms with Gasteiger partial charge < -0.3 is 10.1 Å². The molecule has 19 heavy (non-hydrogen) atoms. The van der Waals surface area contributed by atoms with Crippen LogP contribution in [0, 0.1) is 26.6 Å². The van der Waals surface area contributed by atoms with E-state index in [1.54, 1.807) is 39.1 Å². The molecule has 0 unspecified atom stereocenters. The van der Waals surface area contributed by atoms with Crippen LogP contribution in [0.15, 0.2) is 18.2 Å². The molecule has 1 N–H and O–H groups in total. The Bertz CT molecular complexity index is 614.